The van der Waals surface area contributed by atoms with Gasteiger partial charge in [0.15, 0.2) is 0 Å². The molecule has 2 atom stereocenters. The Balaban J connectivity index is 1.48. The van der Waals surface area contributed by atoms with E-state index in [4.69, 9.17) is 0 Å². The smallest absolute Gasteiger partial charge is 0.353 e. The largest absolute Gasteiger partial charge is 0.416 e. The highest BCUT2D eigenvalue weighted by Gasteiger charge is 2.39. The van der Waals surface area contributed by atoms with E-state index in [9.17, 15) is 18.0 Å². The zero-order chi connectivity index (χ0) is 17.3. The standard InChI is InChI=1S/C18H23F3N2O/c1-12-9-16(12)17(24)22-15-5-7-23(8-6-15)11-13-3-2-4-14(10-13)18(19,20)21/h2-4,10,12,15-16H,5-9,11H2,1H3,(H,22,24)/t12-,16-/m1/s1. The van der Waals surface area contributed by atoms with Crippen molar-refractivity contribution in [3.8, 4) is 0 Å². The Morgan fingerprint density at radius 1 is 1.29 bits per heavy atom. The molecule has 1 heterocycles. The molecule has 2 aliphatic rings. The molecule has 2 fully saturated rings. The molecule has 0 bridgehead atoms. The first-order valence-corrected chi connectivity index (χ1v) is 8.52. The van der Waals surface area contributed by atoms with Gasteiger partial charge in [-0.1, -0.05) is 25.1 Å². The van der Waals surface area contributed by atoms with Crippen LogP contribution in [0.25, 0.3) is 0 Å². The topological polar surface area (TPSA) is 32.3 Å². The van der Waals surface area contributed by atoms with E-state index in [2.05, 4.69) is 17.1 Å². The third kappa shape index (κ3) is 4.29. The van der Waals surface area contributed by atoms with Crippen molar-refractivity contribution in [1.29, 1.82) is 0 Å². The molecule has 1 saturated heterocycles. The quantitative estimate of drug-likeness (QED) is 0.911. The molecule has 24 heavy (non-hydrogen) atoms. The van der Waals surface area contributed by atoms with Crippen LogP contribution in [0, 0.1) is 11.8 Å². The maximum atomic E-state index is 12.8. The Labute approximate surface area is 140 Å². The van der Waals surface area contributed by atoms with Crippen LogP contribution in [-0.4, -0.2) is 29.9 Å². The van der Waals surface area contributed by atoms with Crippen LogP contribution in [0.1, 0.15) is 37.3 Å². The number of alkyl halides is 3. The van der Waals surface area contributed by atoms with Crippen LogP contribution in [0.15, 0.2) is 24.3 Å². The minimum absolute atomic E-state index is 0.166. The second-order valence-corrected chi connectivity index (χ2v) is 7.08. The van der Waals surface area contributed by atoms with Crippen molar-refractivity contribution >= 4 is 5.91 Å². The Hall–Kier alpha value is -1.56. The first kappa shape index (κ1) is 17.3. The van der Waals surface area contributed by atoms with Crippen LogP contribution >= 0.6 is 0 Å². The van der Waals surface area contributed by atoms with E-state index in [0.29, 0.717) is 18.0 Å². The van der Waals surface area contributed by atoms with E-state index in [1.165, 1.54) is 12.1 Å². The van der Waals surface area contributed by atoms with Crippen molar-refractivity contribution in [2.75, 3.05) is 13.1 Å². The fourth-order valence-electron chi connectivity index (χ4n) is 3.34. The maximum absolute atomic E-state index is 12.8. The van der Waals surface area contributed by atoms with E-state index in [1.54, 1.807) is 6.07 Å². The molecule has 3 nitrogen and oxygen atoms in total. The van der Waals surface area contributed by atoms with Gasteiger partial charge in [-0.3, -0.25) is 9.69 Å². The number of halogens is 3. The van der Waals surface area contributed by atoms with Gasteiger partial charge >= 0.3 is 6.18 Å². The van der Waals surface area contributed by atoms with Gasteiger partial charge in [-0.2, -0.15) is 13.2 Å². The molecule has 0 aromatic heterocycles. The number of piperidine rings is 1. The lowest BCUT2D eigenvalue weighted by Crippen LogP contribution is -2.44. The first-order chi connectivity index (χ1) is 11.3. The van der Waals surface area contributed by atoms with Gasteiger partial charge in [-0.05, 0) is 36.8 Å². The summed E-state index contributed by atoms with van der Waals surface area (Å²) in [5.41, 5.74) is 0.0832. The van der Waals surface area contributed by atoms with Crippen LogP contribution in [0.4, 0.5) is 13.2 Å². The number of carbonyl (C=O) groups is 1. The van der Waals surface area contributed by atoms with Crippen molar-refractivity contribution in [1.82, 2.24) is 10.2 Å². The Morgan fingerprint density at radius 2 is 1.96 bits per heavy atom. The van der Waals surface area contributed by atoms with Gasteiger partial charge in [-0.25, -0.2) is 0 Å². The van der Waals surface area contributed by atoms with E-state index in [-0.39, 0.29) is 17.9 Å². The number of amides is 1. The van der Waals surface area contributed by atoms with E-state index in [0.717, 1.165) is 38.4 Å². The van der Waals surface area contributed by atoms with Gasteiger partial charge < -0.3 is 5.32 Å². The SMILES string of the molecule is C[C@@H]1C[C@H]1C(=O)NC1CCN(Cc2cccc(C(F)(F)F)c2)CC1. The van der Waals surface area contributed by atoms with Gasteiger partial charge in [-0.15, -0.1) is 0 Å². The van der Waals surface area contributed by atoms with Gasteiger partial charge in [0.1, 0.15) is 0 Å². The van der Waals surface area contributed by atoms with Crippen molar-refractivity contribution in [2.24, 2.45) is 11.8 Å². The van der Waals surface area contributed by atoms with Gasteiger partial charge in [0.25, 0.3) is 0 Å². The summed E-state index contributed by atoms with van der Waals surface area (Å²) in [5, 5.41) is 3.11. The molecular weight excluding hydrogens is 317 g/mol. The van der Waals surface area contributed by atoms with Crippen molar-refractivity contribution < 1.29 is 18.0 Å². The van der Waals surface area contributed by atoms with E-state index >= 15 is 0 Å². The molecule has 1 aromatic rings. The van der Waals surface area contributed by atoms with Crippen molar-refractivity contribution in [3.05, 3.63) is 35.4 Å². The third-order valence-corrected chi connectivity index (χ3v) is 5.04. The van der Waals surface area contributed by atoms with E-state index in [1.807, 2.05) is 0 Å². The minimum Gasteiger partial charge on any atom is -0.353 e. The zero-order valence-electron chi connectivity index (χ0n) is 13.8. The molecular formula is C18H23F3N2O. The Kier molecular flexibility index (Phi) is 4.85. The first-order valence-electron chi connectivity index (χ1n) is 8.52. The summed E-state index contributed by atoms with van der Waals surface area (Å²) in [6, 6.07) is 5.72. The molecule has 1 aromatic carbocycles. The molecule has 1 amide bonds. The Bertz CT molecular complexity index is 594. The normalized spacial score (nSPS) is 25.5. The third-order valence-electron chi connectivity index (χ3n) is 5.04. The lowest BCUT2D eigenvalue weighted by molar-refractivity contribution is -0.137. The summed E-state index contributed by atoms with van der Waals surface area (Å²) in [7, 11) is 0. The lowest BCUT2D eigenvalue weighted by atomic mass is 10.0. The maximum Gasteiger partial charge on any atom is 0.416 e. The molecule has 0 unspecified atom stereocenters. The molecule has 0 radical (unpaired) electrons. The zero-order valence-corrected chi connectivity index (χ0v) is 13.8. The average molecular weight is 340 g/mol. The van der Waals surface area contributed by atoms with Crippen LogP contribution in [0.3, 0.4) is 0 Å². The van der Waals surface area contributed by atoms with Crippen molar-refractivity contribution in [3.63, 3.8) is 0 Å². The summed E-state index contributed by atoms with van der Waals surface area (Å²) < 4.78 is 38.3. The summed E-state index contributed by atoms with van der Waals surface area (Å²) in [6.45, 7) is 4.19. The number of likely N-dealkylation sites (tertiary alicyclic amines) is 1. The average Bonchev–Trinajstić information content (AvgIpc) is 3.26. The molecule has 0 spiro atoms. The molecule has 6 heteroatoms. The number of rotatable bonds is 4. The number of hydrogen-bond acceptors (Lipinski definition) is 2. The summed E-state index contributed by atoms with van der Waals surface area (Å²) >= 11 is 0. The summed E-state index contributed by atoms with van der Waals surface area (Å²) in [4.78, 5) is 14.1. The molecule has 132 valence electrons. The molecule has 1 N–H and O–H groups in total. The van der Waals surface area contributed by atoms with E-state index < -0.39 is 11.7 Å². The van der Waals surface area contributed by atoms with Gasteiger partial charge in [0.05, 0.1) is 5.56 Å². The second-order valence-electron chi connectivity index (χ2n) is 7.08. The monoisotopic (exact) mass is 340 g/mol. The van der Waals surface area contributed by atoms with Crippen LogP contribution in [0.5, 0.6) is 0 Å². The van der Waals surface area contributed by atoms with Crippen LogP contribution in [0.2, 0.25) is 0 Å². The highest BCUT2D eigenvalue weighted by molar-refractivity contribution is 5.81. The summed E-state index contributed by atoms with van der Waals surface area (Å²) in [6.07, 6.45) is -1.61. The predicted octanol–water partition coefficient (Wildman–Crippen LogP) is 3.44. The number of nitrogens with one attached hydrogen (secondary N) is 1. The van der Waals surface area contributed by atoms with Crippen molar-refractivity contribution in [2.45, 2.75) is 44.9 Å². The molecule has 3 rings (SSSR count). The number of hydrogen-bond donors (Lipinski definition) is 1. The number of nitrogens with zero attached hydrogens (tertiary/aromatic N) is 1. The number of benzene rings is 1. The van der Waals surface area contributed by atoms with Gasteiger partial charge in [0, 0.05) is 31.6 Å². The van der Waals surface area contributed by atoms with Crippen LogP contribution in [-0.2, 0) is 17.5 Å². The number of carbonyl (C=O) groups excluding carboxylic acids is 1. The second kappa shape index (κ2) is 6.75. The van der Waals surface area contributed by atoms with Gasteiger partial charge in [0.2, 0.25) is 5.91 Å². The summed E-state index contributed by atoms with van der Waals surface area (Å²) in [5.74, 6) is 0.859. The molecule has 1 saturated carbocycles. The fraction of sp³-hybridized carbons (Fsp3) is 0.611. The van der Waals surface area contributed by atoms with Crippen LogP contribution < -0.4 is 5.32 Å². The predicted molar refractivity (Wildman–Crippen MR) is 85.2 cm³/mol. The fourth-order valence-corrected chi connectivity index (χ4v) is 3.34. The minimum atomic E-state index is -4.30. The molecule has 1 aliphatic heterocycles. The Morgan fingerprint density at radius 3 is 2.54 bits per heavy atom. The highest BCUT2D eigenvalue weighted by atomic mass is 19.4. The highest BCUT2D eigenvalue weighted by Crippen LogP contribution is 2.38. The lowest BCUT2D eigenvalue weighted by Gasteiger charge is -2.32. The molecule has 1 aliphatic carbocycles.